The number of piperidine rings is 1. The van der Waals surface area contributed by atoms with Crippen molar-refractivity contribution in [2.75, 3.05) is 13.7 Å². The molecule has 2 fully saturated rings. The number of carboxylic acids is 1. The highest BCUT2D eigenvalue weighted by Crippen LogP contribution is 2.61. The van der Waals surface area contributed by atoms with Gasteiger partial charge in [0.25, 0.3) is 0 Å². The van der Waals surface area contributed by atoms with Crippen LogP contribution in [0.25, 0.3) is 0 Å². The van der Waals surface area contributed by atoms with E-state index in [0.29, 0.717) is 11.5 Å². The minimum Gasteiger partial charge on any atom is -0.493 e. The van der Waals surface area contributed by atoms with Crippen molar-refractivity contribution >= 4 is 5.97 Å². The molecule has 5 aliphatic rings. The van der Waals surface area contributed by atoms with Gasteiger partial charge < -0.3 is 44.7 Å². The van der Waals surface area contributed by atoms with Crippen LogP contribution in [-0.4, -0.2) is 89.0 Å². The Balaban J connectivity index is 1.38. The molecule has 1 aromatic carbocycles. The Kier molecular flexibility index (Phi) is 4.78. The second-order valence-corrected chi connectivity index (χ2v) is 9.47. The summed E-state index contributed by atoms with van der Waals surface area (Å²) in [6.45, 7) is 0.812. The van der Waals surface area contributed by atoms with Crippen LogP contribution in [0.1, 0.15) is 17.5 Å². The number of carbonyl (C=O) groups is 1. The molecular weight excluding hydrogens is 434 g/mol. The fourth-order valence-corrected chi connectivity index (χ4v) is 6.55. The highest BCUT2D eigenvalue weighted by atomic mass is 16.7. The molecule has 0 radical (unpaired) electrons. The van der Waals surface area contributed by atoms with E-state index >= 15 is 0 Å². The van der Waals surface area contributed by atoms with Crippen molar-refractivity contribution in [1.29, 1.82) is 0 Å². The van der Waals surface area contributed by atoms with Crippen molar-refractivity contribution in [2.45, 2.75) is 67.2 Å². The predicted molar refractivity (Wildman–Crippen MR) is 111 cm³/mol. The first-order valence-corrected chi connectivity index (χ1v) is 11.2. The molecule has 5 N–H and O–H groups in total. The topological polar surface area (TPSA) is 147 Å². The average Bonchev–Trinajstić information content (AvgIpc) is 3.14. The van der Waals surface area contributed by atoms with Crippen LogP contribution in [0.3, 0.4) is 0 Å². The molecule has 33 heavy (non-hydrogen) atoms. The van der Waals surface area contributed by atoms with Crippen LogP contribution in [-0.2, 0) is 26.1 Å². The zero-order valence-corrected chi connectivity index (χ0v) is 18.0. The summed E-state index contributed by atoms with van der Waals surface area (Å²) in [6.07, 6.45) is -3.79. The molecule has 2 saturated heterocycles. The molecule has 2 aliphatic carbocycles. The van der Waals surface area contributed by atoms with E-state index in [-0.39, 0.29) is 17.4 Å². The fraction of sp³-hybridized carbons (Fsp3) is 0.609. The third-order valence-corrected chi connectivity index (χ3v) is 7.97. The van der Waals surface area contributed by atoms with Gasteiger partial charge in [-0.1, -0.05) is 18.2 Å². The lowest BCUT2D eigenvalue weighted by Crippen LogP contribution is -2.66. The van der Waals surface area contributed by atoms with E-state index in [0.717, 1.165) is 24.9 Å². The maximum atomic E-state index is 11.5. The summed E-state index contributed by atoms with van der Waals surface area (Å²) in [5.41, 5.74) is 1.97. The van der Waals surface area contributed by atoms with E-state index < -0.39 is 48.9 Å². The van der Waals surface area contributed by atoms with Gasteiger partial charge in [0.05, 0.1) is 7.11 Å². The number of aliphatic hydroxyl groups is 3. The second kappa shape index (κ2) is 7.39. The number of hydrogen-bond acceptors (Lipinski definition) is 9. The van der Waals surface area contributed by atoms with Gasteiger partial charge in [0.15, 0.2) is 23.9 Å². The van der Waals surface area contributed by atoms with Gasteiger partial charge in [-0.15, -0.1) is 0 Å². The molecule has 1 spiro atoms. The maximum absolute atomic E-state index is 11.5. The van der Waals surface area contributed by atoms with Crippen molar-refractivity contribution in [1.82, 2.24) is 5.32 Å². The van der Waals surface area contributed by atoms with Gasteiger partial charge in [0.1, 0.15) is 30.5 Å². The molecule has 2 bridgehead atoms. The van der Waals surface area contributed by atoms with Gasteiger partial charge in [-0.05, 0) is 31.0 Å². The summed E-state index contributed by atoms with van der Waals surface area (Å²) in [5, 5.41) is 43.6. The van der Waals surface area contributed by atoms with Gasteiger partial charge in [-0.3, -0.25) is 0 Å². The van der Waals surface area contributed by atoms with Crippen LogP contribution in [0.5, 0.6) is 11.5 Å². The van der Waals surface area contributed by atoms with Crippen molar-refractivity contribution in [3.63, 3.8) is 0 Å². The van der Waals surface area contributed by atoms with Crippen molar-refractivity contribution in [2.24, 2.45) is 5.92 Å². The van der Waals surface area contributed by atoms with Crippen LogP contribution < -0.4 is 14.8 Å². The molecule has 1 aromatic rings. The zero-order valence-electron chi connectivity index (χ0n) is 18.0. The Morgan fingerprint density at radius 1 is 1.18 bits per heavy atom. The molecule has 6 rings (SSSR count). The molecule has 10 unspecified atom stereocenters. The van der Waals surface area contributed by atoms with Crippen LogP contribution in [0.15, 0.2) is 24.3 Å². The van der Waals surface area contributed by atoms with Crippen molar-refractivity contribution < 1.29 is 44.2 Å². The standard InChI is InChI=1S/C23H27NO9/c1-30-12-4-2-9-8-11-10-3-5-13(20-23(10,6-7-24-11)14(9)18(12)32-20)31-22-17(27)15(25)16(26)19(33-22)21(28)29/h2-5,10-11,13,15-17,19-20,22,24-27H,6-8H2,1H3,(H,28,29). The Labute approximate surface area is 189 Å². The smallest absolute Gasteiger partial charge is 0.335 e. The fourth-order valence-electron chi connectivity index (χ4n) is 6.55. The van der Waals surface area contributed by atoms with E-state index in [1.807, 2.05) is 12.1 Å². The zero-order chi connectivity index (χ0) is 23.1. The molecule has 3 aliphatic heterocycles. The lowest BCUT2D eigenvalue weighted by atomic mass is 9.53. The lowest BCUT2D eigenvalue weighted by molar-refractivity contribution is -0.307. The molecule has 0 saturated carbocycles. The molecule has 10 nitrogen and oxygen atoms in total. The number of aliphatic hydroxyl groups excluding tert-OH is 3. The predicted octanol–water partition coefficient (Wildman–Crippen LogP) is -0.925. The first-order chi connectivity index (χ1) is 15.9. The van der Waals surface area contributed by atoms with Crippen molar-refractivity contribution in [3.05, 3.63) is 35.4 Å². The number of hydrogen-bond donors (Lipinski definition) is 5. The van der Waals surface area contributed by atoms with Gasteiger partial charge in [-0.2, -0.15) is 0 Å². The molecule has 10 atom stereocenters. The number of rotatable bonds is 4. The van der Waals surface area contributed by atoms with E-state index in [4.69, 9.17) is 18.9 Å². The number of benzene rings is 1. The summed E-state index contributed by atoms with van der Waals surface area (Å²) in [6, 6.07) is 4.24. The summed E-state index contributed by atoms with van der Waals surface area (Å²) < 4.78 is 23.6. The Morgan fingerprint density at radius 2 is 2.00 bits per heavy atom. The normalized spacial score (nSPS) is 44.7. The summed E-state index contributed by atoms with van der Waals surface area (Å²) in [7, 11) is 1.60. The second-order valence-electron chi connectivity index (χ2n) is 9.47. The van der Waals surface area contributed by atoms with E-state index in [9.17, 15) is 25.2 Å². The summed E-state index contributed by atoms with van der Waals surface area (Å²) in [5.74, 6) is 0.0673. The van der Waals surface area contributed by atoms with Gasteiger partial charge in [0.2, 0.25) is 0 Å². The Bertz CT molecular complexity index is 1010. The van der Waals surface area contributed by atoms with Crippen LogP contribution in [0, 0.1) is 5.92 Å². The molecule has 10 heteroatoms. The largest absolute Gasteiger partial charge is 0.493 e. The first-order valence-electron chi connectivity index (χ1n) is 11.2. The first kappa shape index (κ1) is 21.3. The maximum Gasteiger partial charge on any atom is 0.335 e. The molecule has 0 amide bonds. The van der Waals surface area contributed by atoms with Crippen LogP contribution >= 0.6 is 0 Å². The minimum absolute atomic E-state index is 0.174. The monoisotopic (exact) mass is 461 g/mol. The van der Waals surface area contributed by atoms with E-state index in [1.165, 1.54) is 5.56 Å². The van der Waals surface area contributed by atoms with Gasteiger partial charge >= 0.3 is 5.97 Å². The molecule has 3 heterocycles. The van der Waals surface area contributed by atoms with Crippen molar-refractivity contribution in [3.8, 4) is 11.5 Å². The van der Waals surface area contributed by atoms with Crippen LogP contribution in [0.2, 0.25) is 0 Å². The highest BCUT2D eigenvalue weighted by Gasteiger charge is 2.64. The van der Waals surface area contributed by atoms with Gasteiger partial charge in [-0.25, -0.2) is 4.79 Å². The molecule has 0 aromatic heterocycles. The third-order valence-electron chi connectivity index (χ3n) is 7.97. The van der Waals surface area contributed by atoms with Gasteiger partial charge in [0, 0.05) is 22.9 Å². The number of ether oxygens (including phenoxy) is 4. The Hall–Kier alpha value is -2.21. The Morgan fingerprint density at radius 3 is 2.76 bits per heavy atom. The average molecular weight is 461 g/mol. The van der Waals surface area contributed by atoms with E-state index in [2.05, 4.69) is 17.5 Å². The van der Waals surface area contributed by atoms with Crippen LogP contribution in [0.4, 0.5) is 0 Å². The minimum atomic E-state index is -1.77. The molecule has 178 valence electrons. The summed E-state index contributed by atoms with van der Waals surface area (Å²) >= 11 is 0. The third kappa shape index (κ3) is 2.79. The SMILES string of the molecule is COc1ccc2c3c1OC1C(OC4OC(C(=O)O)C(O)C(O)C4O)C=CC4C(C2)NCCC341. The quantitative estimate of drug-likeness (QED) is 0.357. The highest BCUT2D eigenvalue weighted by molar-refractivity contribution is 5.73. The number of carboxylic acid groups (broad SMARTS) is 1. The van der Waals surface area contributed by atoms with E-state index in [1.54, 1.807) is 7.11 Å². The number of nitrogens with one attached hydrogen (secondary N) is 1. The number of methoxy groups -OCH3 is 1. The number of aliphatic carboxylic acids is 1. The molecular formula is C23H27NO9. The summed E-state index contributed by atoms with van der Waals surface area (Å²) in [4.78, 5) is 11.5. The lowest BCUT2D eigenvalue weighted by Gasteiger charge is -2.54.